The molecule has 13 heavy (non-hydrogen) atoms. The van der Waals surface area contributed by atoms with Gasteiger partial charge in [-0.15, -0.1) is 5.10 Å². The molecular weight excluding hydrogens is 171 g/mol. The summed E-state index contributed by atoms with van der Waals surface area (Å²) in [4.78, 5) is 0. The zero-order valence-electron chi connectivity index (χ0n) is 6.98. The first-order valence-corrected chi connectivity index (χ1v) is 3.77. The molecule has 0 radical (unpaired) electrons. The summed E-state index contributed by atoms with van der Waals surface area (Å²) in [6.07, 6.45) is 1.35. The van der Waals surface area contributed by atoms with E-state index >= 15 is 0 Å². The maximum absolute atomic E-state index is 13.3. The molecule has 1 aromatic carbocycles. The second kappa shape index (κ2) is 2.93. The van der Waals surface area contributed by atoms with Gasteiger partial charge in [-0.3, -0.25) is 0 Å². The minimum atomic E-state index is -0.327. The van der Waals surface area contributed by atoms with Crippen LogP contribution in [0.2, 0.25) is 0 Å². The fourth-order valence-electron chi connectivity index (χ4n) is 1.07. The van der Waals surface area contributed by atoms with Crippen LogP contribution < -0.4 is 0 Å². The molecule has 2 rings (SSSR count). The van der Waals surface area contributed by atoms with Crippen LogP contribution in [-0.4, -0.2) is 20.2 Å². The summed E-state index contributed by atoms with van der Waals surface area (Å²) in [5.74, 6) is -0.327. The molecule has 0 aliphatic rings. The maximum Gasteiger partial charge on any atom is 0.149 e. The van der Waals surface area contributed by atoms with Gasteiger partial charge in [-0.25, -0.2) is 4.39 Å². The second-order valence-electron chi connectivity index (χ2n) is 2.71. The number of aromatic nitrogens is 4. The molecule has 0 saturated carbocycles. The molecule has 0 bridgehead atoms. The molecule has 0 fully saturated rings. The number of nitrogens with zero attached hydrogens (tertiary/aromatic N) is 4. The van der Waals surface area contributed by atoms with Crippen molar-refractivity contribution in [2.45, 2.75) is 6.92 Å². The van der Waals surface area contributed by atoms with Crippen molar-refractivity contribution in [3.8, 4) is 5.69 Å². The third-order valence-electron chi connectivity index (χ3n) is 1.70. The Bertz CT molecular complexity index is 410. The lowest BCUT2D eigenvalue weighted by atomic mass is 10.2. The molecule has 0 aliphatic carbocycles. The van der Waals surface area contributed by atoms with Gasteiger partial charge >= 0.3 is 0 Å². The highest BCUT2D eigenvalue weighted by Crippen LogP contribution is 2.12. The van der Waals surface area contributed by atoms with Crippen LogP contribution in [0.4, 0.5) is 4.39 Å². The maximum atomic E-state index is 13.3. The second-order valence-corrected chi connectivity index (χ2v) is 2.71. The van der Waals surface area contributed by atoms with E-state index in [4.69, 9.17) is 0 Å². The van der Waals surface area contributed by atoms with Gasteiger partial charge in [0.2, 0.25) is 0 Å². The van der Waals surface area contributed by atoms with Gasteiger partial charge < -0.3 is 0 Å². The van der Waals surface area contributed by atoms with Gasteiger partial charge in [0, 0.05) is 0 Å². The highest BCUT2D eigenvalue weighted by atomic mass is 19.1. The number of hydrogen-bond donors (Lipinski definition) is 0. The molecule has 4 nitrogen and oxygen atoms in total. The van der Waals surface area contributed by atoms with Crippen molar-refractivity contribution >= 4 is 0 Å². The molecule has 66 valence electrons. The first-order valence-electron chi connectivity index (χ1n) is 3.77. The number of rotatable bonds is 1. The first-order chi connectivity index (χ1) is 6.27. The van der Waals surface area contributed by atoms with Crippen LogP contribution in [-0.2, 0) is 0 Å². The van der Waals surface area contributed by atoms with Crippen molar-refractivity contribution in [2.24, 2.45) is 0 Å². The van der Waals surface area contributed by atoms with Crippen molar-refractivity contribution in [1.29, 1.82) is 0 Å². The molecule has 1 heterocycles. The zero-order valence-corrected chi connectivity index (χ0v) is 6.98. The summed E-state index contributed by atoms with van der Waals surface area (Å²) >= 11 is 0. The predicted molar refractivity (Wildman–Crippen MR) is 43.8 cm³/mol. The fourth-order valence-corrected chi connectivity index (χ4v) is 1.07. The van der Waals surface area contributed by atoms with E-state index < -0.39 is 0 Å². The monoisotopic (exact) mass is 178 g/mol. The summed E-state index contributed by atoms with van der Waals surface area (Å²) < 4.78 is 14.6. The van der Waals surface area contributed by atoms with Crippen molar-refractivity contribution in [3.05, 3.63) is 35.9 Å². The van der Waals surface area contributed by atoms with Crippen LogP contribution in [0.25, 0.3) is 5.69 Å². The van der Waals surface area contributed by atoms with Gasteiger partial charge in [0.1, 0.15) is 17.8 Å². The van der Waals surface area contributed by atoms with E-state index in [-0.39, 0.29) is 5.82 Å². The highest BCUT2D eigenvalue weighted by Gasteiger charge is 2.04. The van der Waals surface area contributed by atoms with E-state index in [0.29, 0.717) is 5.69 Å². The van der Waals surface area contributed by atoms with E-state index in [9.17, 15) is 4.39 Å². The first kappa shape index (κ1) is 7.85. The SMILES string of the molecule is Cc1ccc(-n2cnnn2)c(F)c1. The molecule has 0 amide bonds. The summed E-state index contributed by atoms with van der Waals surface area (Å²) in [6.45, 7) is 1.83. The van der Waals surface area contributed by atoms with Gasteiger partial charge in [0.25, 0.3) is 0 Å². The lowest BCUT2D eigenvalue weighted by Gasteiger charge is -2.01. The molecule has 0 atom stereocenters. The average Bonchev–Trinajstić information content (AvgIpc) is 2.56. The highest BCUT2D eigenvalue weighted by molar-refractivity contribution is 5.34. The largest absolute Gasteiger partial charge is 0.205 e. The summed E-state index contributed by atoms with van der Waals surface area (Å²) in [6, 6.07) is 4.89. The normalized spacial score (nSPS) is 10.3. The zero-order chi connectivity index (χ0) is 9.26. The molecular formula is C8H7FN4. The van der Waals surface area contributed by atoms with E-state index in [2.05, 4.69) is 15.5 Å². The molecule has 0 aliphatic heterocycles. The van der Waals surface area contributed by atoms with Crippen molar-refractivity contribution in [2.75, 3.05) is 0 Å². The smallest absolute Gasteiger partial charge is 0.149 e. The van der Waals surface area contributed by atoms with Gasteiger partial charge in [-0.2, -0.15) is 4.68 Å². The van der Waals surface area contributed by atoms with E-state index in [1.54, 1.807) is 12.1 Å². The Labute approximate surface area is 74.0 Å². The third-order valence-corrected chi connectivity index (χ3v) is 1.70. The number of halogens is 1. The van der Waals surface area contributed by atoms with Gasteiger partial charge in [-0.1, -0.05) is 6.07 Å². The Morgan fingerprint density at radius 3 is 2.85 bits per heavy atom. The Balaban J connectivity index is 2.53. The van der Waals surface area contributed by atoms with E-state index in [1.807, 2.05) is 6.92 Å². The molecule has 0 unspecified atom stereocenters. The minimum Gasteiger partial charge on any atom is -0.205 e. The molecule has 0 N–H and O–H groups in total. The van der Waals surface area contributed by atoms with Crippen LogP contribution in [0.5, 0.6) is 0 Å². The molecule has 2 aromatic rings. The lowest BCUT2D eigenvalue weighted by Crippen LogP contribution is -1.98. The van der Waals surface area contributed by atoms with Crippen molar-refractivity contribution < 1.29 is 4.39 Å². The summed E-state index contributed by atoms with van der Waals surface area (Å²) in [7, 11) is 0. The third kappa shape index (κ3) is 1.40. The van der Waals surface area contributed by atoms with Gasteiger partial charge in [0.15, 0.2) is 0 Å². The Morgan fingerprint density at radius 1 is 1.38 bits per heavy atom. The van der Waals surface area contributed by atoms with Crippen LogP contribution in [0.15, 0.2) is 24.5 Å². The molecule has 1 aromatic heterocycles. The van der Waals surface area contributed by atoms with Crippen LogP contribution in [0.3, 0.4) is 0 Å². The quantitative estimate of drug-likeness (QED) is 0.657. The van der Waals surface area contributed by atoms with Crippen molar-refractivity contribution in [1.82, 2.24) is 20.2 Å². The topological polar surface area (TPSA) is 43.6 Å². The lowest BCUT2D eigenvalue weighted by molar-refractivity contribution is 0.606. The Hall–Kier alpha value is -1.78. The molecule has 5 heteroatoms. The van der Waals surface area contributed by atoms with E-state index in [1.165, 1.54) is 17.1 Å². The van der Waals surface area contributed by atoms with Crippen LogP contribution in [0.1, 0.15) is 5.56 Å². The minimum absolute atomic E-state index is 0.327. The van der Waals surface area contributed by atoms with Crippen LogP contribution in [0, 0.1) is 12.7 Å². The number of tetrazole rings is 1. The number of hydrogen-bond acceptors (Lipinski definition) is 3. The fraction of sp³-hybridized carbons (Fsp3) is 0.125. The standard InChI is InChI=1S/C8H7FN4/c1-6-2-3-8(7(9)4-6)13-5-10-11-12-13/h2-5H,1H3. The summed E-state index contributed by atoms with van der Waals surface area (Å²) in [5, 5.41) is 10.4. The van der Waals surface area contributed by atoms with Crippen molar-refractivity contribution in [3.63, 3.8) is 0 Å². The van der Waals surface area contributed by atoms with Gasteiger partial charge in [-0.05, 0) is 35.0 Å². The van der Waals surface area contributed by atoms with Gasteiger partial charge in [0.05, 0.1) is 0 Å². The summed E-state index contributed by atoms with van der Waals surface area (Å²) in [5.41, 5.74) is 1.23. The Morgan fingerprint density at radius 2 is 2.23 bits per heavy atom. The molecule has 0 saturated heterocycles. The van der Waals surface area contributed by atoms with E-state index in [0.717, 1.165) is 5.56 Å². The number of benzene rings is 1. The Kier molecular flexibility index (Phi) is 1.77. The predicted octanol–water partition coefficient (Wildman–Crippen LogP) is 1.11. The van der Waals surface area contributed by atoms with Crippen LogP contribution >= 0.6 is 0 Å². The average molecular weight is 178 g/mol. The molecule has 0 spiro atoms. The number of aryl methyl sites for hydroxylation is 1.